The maximum absolute atomic E-state index is 12.0. The number of hydrogen-bond acceptors (Lipinski definition) is 5. The molecule has 108 valence electrons. The largest absolute Gasteiger partial charge is 0.356 e. The second-order valence-electron chi connectivity index (χ2n) is 6.24. The van der Waals surface area contributed by atoms with E-state index in [1.165, 1.54) is 0 Å². The zero-order chi connectivity index (χ0) is 14.6. The fourth-order valence-corrected chi connectivity index (χ4v) is 2.32. The third-order valence-corrected chi connectivity index (χ3v) is 3.27. The fourth-order valence-electron chi connectivity index (χ4n) is 2.32. The summed E-state index contributed by atoms with van der Waals surface area (Å²) in [7, 11) is 0. The van der Waals surface area contributed by atoms with Gasteiger partial charge in [-0.1, -0.05) is 6.92 Å². The summed E-state index contributed by atoms with van der Waals surface area (Å²) in [4.78, 5) is 13.7. The van der Waals surface area contributed by atoms with Crippen molar-refractivity contribution in [2.45, 2.75) is 65.0 Å². The van der Waals surface area contributed by atoms with Crippen molar-refractivity contribution in [2.24, 2.45) is 5.92 Å². The third kappa shape index (κ3) is 4.90. The average molecular weight is 268 g/mol. The van der Waals surface area contributed by atoms with E-state index in [4.69, 9.17) is 10.00 Å². The molecule has 1 aliphatic rings. The molecule has 1 rings (SSSR count). The van der Waals surface area contributed by atoms with Gasteiger partial charge in [0.2, 0.25) is 6.41 Å². The highest BCUT2D eigenvalue weighted by Gasteiger charge is 2.36. The number of piperidine rings is 1. The number of ether oxygens (including phenoxy) is 1. The first-order valence-corrected chi connectivity index (χ1v) is 6.76. The van der Waals surface area contributed by atoms with Crippen molar-refractivity contribution in [2.75, 3.05) is 6.54 Å². The molecule has 5 nitrogen and oxygen atoms in total. The van der Waals surface area contributed by atoms with Gasteiger partial charge >= 0.3 is 0 Å². The molecule has 1 saturated heterocycles. The lowest BCUT2D eigenvalue weighted by Gasteiger charge is -2.41. The van der Waals surface area contributed by atoms with Gasteiger partial charge in [-0.3, -0.25) is 4.79 Å². The lowest BCUT2D eigenvalue weighted by Crippen LogP contribution is -2.54. The van der Waals surface area contributed by atoms with Crippen LogP contribution in [-0.4, -0.2) is 40.4 Å². The molecule has 1 fully saturated rings. The highest BCUT2D eigenvalue weighted by Crippen LogP contribution is 2.26. The molecule has 19 heavy (non-hydrogen) atoms. The van der Waals surface area contributed by atoms with Gasteiger partial charge in [-0.25, -0.2) is 4.90 Å². The van der Waals surface area contributed by atoms with Crippen molar-refractivity contribution in [3.8, 4) is 6.07 Å². The molecule has 0 amide bonds. The van der Waals surface area contributed by atoms with Crippen molar-refractivity contribution in [3.05, 3.63) is 0 Å². The lowest BCUT2D eigenvalue weighted by atomic mass is 9.89. The molecule has 3 atom stereocenters. The maximum atomic E-state index is 12.0. The second kappa shape index (κ2) is 6.47. The normalized spacial score (nSPS) is 26.7. The zero-order valence-electron chi connectivity index (χ0n) is 12.2. The van der Waals surface area contributed by atoms with Gasteiger partial charge in [-0.15, -0.1) is 0 Å². The number of likely N-dealkylation sites (tertiary alicyclic amines) is 1. The van der Waals surface area contributed by atoms with E-state index in [9.17, 15) is 9.90 Å². The zero-order valence-corrected chi connectivity index (χ0v) is 12.2. The van der Waals surface area contributed by atoms with Gasteiger partial charge in [0.1, 0.15) is 0 Å². The van der Waals surface area contributed by atoms with E-state index >= 15 is 0 Å². The van der Waals surface area contributed by atoms with Crippen LogP contribution in [0.1, 0.15) is 47.0 Å². The summed E-state index contributed by atoms with van der Waals surface area (Å²) in [6.45, 7) is 8.26. The summed E-state index contributed by atoms with van der Waals surface area (Å²) in [5.41, 5.74) is -0.481. The molecule has 1 aliphatic heterocycles. The smallest absolute Gasteiger partial charge is 0.217 e. The van der Waals surface area contributed by atoms with Crippen molar-refractivity contribution >= 4 is 5.78 Å². The SMILES string of the molecule is CC1CCN(C(O)OC(C)(C)C)C(C(=O)CC#N)C1. The minimum Gasteiger partial charge on any atom is -0.356 e. The number of hydrogen-bond donors (Lipinski definition) is 1. The molecule has 1 heterocycles. The fraction of sp³-hybridized carbons (Fsp3) is 0.857. The van der Waals surface area contributed by atoms with Crippen LogP contribution < -0.4 is 0 Å². The van der Waals surface area contributed by atoms with Crippen molar-refractivity contribution < 1.29 is 14.6 Å². The molecule has 0 spiro atoms. The second-order valence-corrected chi connectivity index (χ2v) is 6.24. The molecule has 0 aromatic carbocycles. The van der Waals surface area contributed by atoms with Crippen LogP contribution in [0.15, 0.2) is 0 Å². The van der Waals surface area contributed by atoms with E-state index < -0.39 is 18.1 Å². The van der Waals surface area contributed by atoms with Crippen LogP contribution in [0.2, 0.25) is 0 Å². The molecular formula is C14H24N2O3. The van der Waals surface area contributed by atoms with Crippen LogP contribution in [-0.2, 0) is 9.53 Å². The summed E-state index contributed by atoms with van der Waals surface area (Å²) in [6, 6.07) is 1.47. The van der Waals surface area contributed by atoms with Crippen molar-refractivity contribution in [1.82, 2.24) is 4.90 Å². The number of aliphatic hydroxyl groups is 1. The molecule has 1 N–H and O–H groups in total. The maximum Gasteiger partial charge on any atom is 0.217 e. The number of ketones is 1. The van der Waals surface area contributed by atoms with Gasteiger partial charge in [-0.2, -0.15) is 5.26 Å². The van der Waals surface area contributed by atoms with Gasteiger partial charge in [0.05, 0.1) is 24.1 Å². The summed E-state index contributed by atoms with van der Waals surface area (Å²) in [5, 5.41) is 18.8. The number of rotatable bonds is 4. The molecule has 0 saturated carbocycles. The van der Waals surface area contributed by atoms with Crippen LogP contribution in [0.4, 0.5) is 0 Å². The van der Waals surface area contributed by atoms with Gasteiger partial charge in [0, 0.05) is 6.54 Å². The lowest BCUT2D eigenvalue weighted by molar-refractivity contribution is -0.252. The van der Waals surface area contributed by atoms with Crippen LogP contribution >= 0.6 is 0 Å². The van der Waals surface area contributed by atoms with Gasteiger partial charge in [0.25, 0.3) is 0 Å². The Morgan fingerprint density at radius 1 is 1.58 bits per heavy atom. The summed E-state index contributed by atoms with van der Waals surface area (Å²) in [5.74, 6) is 0.288. The Hall–Kier alpha value is -0.960. The number of Topliss-reactive ketones (excluding diaryl/α,β-unsaturated/α-hetero) is 1. The van der Waals surface area contributed by atoms with Crippen molar-refractivity contribution in [3.63, 3.8) is 0 Å². The number of aliphatic hydroxyl groups excluding tert-OH is 1. The molecule has 3 unspecified atom stereocenters. The van der Waals surface area contributed by atoms with Gasteiger partial charge < -0.3 is 9.84 Å². The summed E-state index contributed by atoms with van der Waals surface area (Å²) in [6.07, 6.45) is 0.377. The first-order chi connectivity index (χ1) is 8.74. The number of nitriles is 1. The molecular weight excluding hydrogens is 244 g/mol. The van der Waals surface area contributed by atoms with Crippen molar-refractivity contribution in [1.29, 1.82) is 5.26 Å². The molecule has 0 bridgehead atoms. The number of carbonyl (C=O) groups is 1. The highest BCUT2D eigenvalue weighted by molar-refractivity contribution is 5.85. The van der Waals surface area contributed by atoms with E-state index in [2.05, 4.69) is 6.92 Å². The van der Waals surface area contributed by atoms with E-state index in [-0.39, 0.29) is 12.2 Å². The highest BCUT2D eigenvalue weighted by atomic mass is 16.6. The Morgan fingerprint density at radius 2 is 2.21 bits per heavy atom. The molecule has 0 aromatic rings. The molecule has 5 heteroatoms. The standard InChI is InChI=1S/C14H24N2O3/c1-10-6-8-16(13(18)19-14(2,3)4)11(9-10)12(17)5-7-15/h10-11,13,18H,5-6,8-9H2,1-4H3. The first kappa shape index (κ1) is 16.1. The molecule has 0 aromatic heterocycles. The van der Waals surface area contributed by atoms with Crippen LogP contribution in [0.5, 0.6) is 0 Å². The first-order valence-electron chi connectivity index (χ1n) is 6.76. The quantitative estimate of drug-likeness (QED) is 0.785. The Labute approximate surface area is 115 Å². The molecule has 0 aliphatic carbocycles. The van der Waals surface area contributed by atoms with Crippen LogP contribution in [0.3, 0.4) is 0 Å². The topological polar surface area (TPSA) is 73.6 Å². The van der Waals surface area contributed by atoms with Crippen LogP contribution in [0, 0.1) is 17.2 Å². The van der Waals surface area contributed by atoms with E-state index in [0.717, 1.165) is 6.42 Å². The summed E-state index contributed by atoms with van der Waals surface area (Å²) < 4.78 is 5.52. The Balaban J connectivity index is 2.77. The number of nitrogens with zero attached hydrogens (tertiary/aromatic N) is 2. The minimum atomic E-state index is -1.10. The molecule has 0 radical (unpaired) electrons. The monoisotopic (exact) mass is 268 g/mol. The van der Waals surface area contributed by atoms with Gasteiger partial charge in [-0.05, 0) is 39.5 Å². The predicted molar refractivity (Wildman–Crippen MR) is 71.0 cm³/mol. The summed E-state index contributed by atoms with van der Waals surface area (Å²) >= 11 is 0. The predicted octanol–water partition coefficient (Wildman–Crippen LogP) is 1.66. The van der Waals surface area contributed by atoms with E-state index in [1.807, 2.05) is 26.8 Å². The third-order valence-electron chi connectivity index (χ3n) is 3.27. The average Bonchev–Trinajstić information content (AvgIpc) is 2.26. The Kier molecular flexibility index (Phi) is 5.48. The van der Waals surface area contributed by atoms with E-state index in [0.29, 0.717) is 18.9 Å². The Bertz CT molecular complexity index is 357. The Morgan fingerprint density at radius 3 is 2.74 bits per heavy atom. The minimum absolute atomic E-state index is 0.115. The van der Waals surface area contributed by atoms with Gasteiger partial charge in [0.15, 0.2) is 5.78 Å². The van der Waals surface area contributed by atoms with Crippen LogP contribution in [0.25, 0.3) is 0 Å². The number of carbonyl (C=O) groups excluding carboxylic acids is 1. The van der Waals surface area contributed by atoms with E-state index in [1.54, 1.807) is 4.90 Å².